The molecule has 0 fully saturated rings. The molecule has 0 saturated heterocycles. The van der Waals surface area contributed by atoms with Gasteiger partial charge in [-0.1, -0.05) is 64.4 Å². The van der Waals surface area contributed by atoms with Gasteiger partial charge in [-0.25, -0.2) is 9.97 Å². The van der Waals surface area contributed by atoms with E-state index in [4.69, 9.17) is 4.98 Å². The molecule has 26 heavy (non-hydrogen) atoms. The lowest BCUT2D eigenvalue weighted by atomic mass is 9.64. The van der Waals surface area contributed by atoms with Gasteiger partial charge < -0.3 is 0 Å². The molecule has 142 valence electrons. The number of rotatable bonds is 12. The van der Waals surface area contributed by atoms with Crippen LogP contribution in [-0.4, -0.2) is 9.97 Å². The van der Waals surface area contributed by atoms with Crippen LogP contribution in [0.1, 0.15) is 94.0 Å². The van der Waals surface area contributed by atoms with Gasteiger partial charge in [-0.05, 0) is 30.8 Å². The quantitative estimate of drug-likeness (QED) is 0.348. The zero-order valence-corrected chi connectivity index (χ0v) is 17.9. The summed E-state index contributed by atoms with van der Waals surface area (Å²) in [5, 5.41) is 6.86. The molecule has 2 atom stereocenters. The van der Waals surface area contributed by atoms with E-state index in [1.54, 1.807) is 11.1 Å². The van der Waals surface area contributed by atoms with Crippen LogP contribution in [0.2, 0.25) is 0 Å². The first kappa shape index (κ1) is 19.8. The lowest BCUT2D eigenvalue weighted by Crippen LogP contribution is -2.28. The van der Waals surface area contributed by atoms with Gasteiger partial charge in [0, 0.05) is 29.1 Å². The smallest absolute Gasteiger partial charge is 0.119 e. The van der Waals surface area contributed by atoms with E-state index in [9.17, 15) is 0 Å². The molecule has 0 unspecified atom stereocenters. The summed E-state index contributed by atoms with van der Waals surface area (Å²) in [6, 6.07) is 0. The van der Waals surface area contributed by atoms with Crippen LogP contribution in [0.25, 0.3) is 5.57 Å². The Kier molecular flexibility index (Phi) is 7.87. The molecule has 0 amide bonds. The minimum atomic E-state index is 0.553. The monoisotopic (exact) mass is 388 g/mol. The molecule has 2 aromatic rings. The maximum absolute atomic E-state index is 4.71. The summed E-state index contributed by atoms with van der Waals surface area (Å²) < 4.78 is 0. The van der Waals surface area contributed by atoms with Crippen LogP contribution in [0, 0.1) is 5.92 Å². The standard InChI is InChI=1S/C22H32N2S2/c1-3-5-7-9-11-17-19(21-23-13-15-25-21)18(12-10-8-6-4-2)20(17)22-24-14-16-26-22/h13-17,19H,3-12H2,1-2H3/t17-,19-/m1/s1. The third kappa shape index (κ3) is 4.64. The minimum Gasteiger partial charge on any atom is -0.249 e. The van der Waals surface area contributed by atoms with Crippen molar-refractivity contribution in [3.05, 3.63) is 38.7 Å². The molecule has 2 aromatic heterocycles. The topological polar surface area (TPSA) is 25.8 Å². The highest BCUT2D eigenvalue weighted by Crippen LogP contribution is 2.56. The van der Waals surface area contributed by atoms with E-state index in [0.717, 1.165) is 0 Å². The van der Waals surface area contributed by atoms with E-state index in [1.165, 1.54) is 74.2 Å². The van der Waals surface area contributed by atoms with E-state index >= 15 is 0 Å². The first-order valence-corrected chi connectivity index (χ1v) is 12.1. The summed E-state index contributed by atoms with van der Waals surface area (Å²) in [4.78, 5) is 9.40. The van der Waals surface area contributed by atoms with E-state index < -0.39 is 0 Å². The Hall–Kier alpha value is -1.00. The Balaban J connectivity index is 1.80. The van der Waals surface area contributed by atoms with Crippen molar-refractivity contribution in [3.63, 3.8) is 0 Å². The van der Waals surface area contributed by atoms with Crippen molar-refractivity contribution in [1.29, 1.82) is 0 Å². The van der Waals surface area contributed by atoms with Crippen LogP contribution in [0.15, 0.2) is 28.7 Å². The average Bonchev–Trinajstić information content (AvgIpc) is 3.34. The normalized spacial score (nSPS) is 19.8. The fourth-order valence-electron chi connectivity index (χ4n) is 4.22. The highest BCUT2D eigenvalue weighted by Gasteiger charge is 2.43. The van der Waals surface area contributed by atoms with Crippen molar-refractivity contribution in [2.75, 3.05) is 0 Å². The van der Waals surface area contributed by atoms with Gasteiger partial charge in [0.15, 0.2) is 0 Å². The molecule has 0 aromatic carbocycles. The lowest BCUT2D eigenvalue weighted by molar-refractivity contribution is 0.439. The third-order valence-electron chi connectivity index (χ3n) is 5.54. The molecular weight excluding hydrogens is 356 g/mol. The third-order valence-corrected chi connectivity index (χ3v) is 7.21. The SMILES string of the molecule is CCCCCCC1=C(c2nccs2)[C@H](CCCCCC)[C@H]1c1nccs1. The van der Waals surface area contributed by atoms with Crippen molar-refractivity contribution >= 4 is 28.2 Å². The van der Waals surface area contributed by atoms with Crippen LogP contribution in [-0.2, 0) is 0 Å². The van der Waals surface area contributed by atoms with Gasteiger partial charge in [-0.2, -0.15) is 0 Å². The number of aromatic nitrogens is 2. The maximum Gasteiger partial charge on any atom is 0.119 e. The molecule has 1 aliphatic rings. The number of unbranched alkanes of at least 4 members (excludes halogenated alkanes) is 6. The number of hydrogen-bond donors (Lipinski definition) is 0. The number of allylic oxidation sites excluding steroid dienone is 2. The van der Waals surface area contributed by atoms with Crippen molar-refractivity contribution in [2.45, 2.75) is 84.0 Å². The summed E-state index contributed by atoms with van der Waals surface area (Å²) in [5.41, 5.74) is 3.22. The van der Waals surface area contributed by atoms with Crippen molar-refractivity contribution in [3.8, 4) is 0 Å². The van der Waals surface area contributed by atoms with Crippen molar-refractivity contribution < 1.29 is 0 Å². The van der Waals surface area contributed by atoms with Gasteiger partial charge in [0.25, 0.3) is 0 Å². The van der Waals surface area contributed by atoms with Gasteiger partial charge in [0.2, 0.25) is 0 Å². The molecule has 2 nitrogen and oxygen atoms in total. The van der Waals surface area contributed by atoms with Crippen LogP contribution in [0.3, 0.4) is 0 Å². The van der Waals surface area contributed by atoms with E-state index in [1.807, 2.05) is 35.1 Å². The maximum atomic E-state index is 4.71. The molecule has 0 saturated carbocycles. The highest BCUT2D eigenvalue weighted by molar-refractivity contribution is 7.11. The Bertz CT molecular complexity index is 658. The summed E-state index contributed by atoms with van der Waals surface area (Å²) >= 11 is 3.65. The van der Waals surface area contributed by atoms with Crippen LogP contribution >= 0.6 is 22.7 Å². The van der Waals surface area contributed by atoms with Gasteiger partial charge in [0.1, 0.15) is 10.0 Å². The molecule has 3 rings (SSSR count). The van der Waals surface area contributed by atoms with Crippen LogP contribution in [0.4, 0.5) is 0 Å². The Morgan fingerprint density at radius 3 is 2.23 bits per heavy atom. The van der Waals surface area contributed by atoms with Gasteiger partial charge in [0.05, 0.1) is 0 Å². The van der Waals surface area contributed by atoms with E-state index in [-0.39, 0.29) is 0 Å². The Morgan fingerprint density at radius 2 is 1.58 bits per heavy atom. The fraction of sp³-hybridized carbons (Fsp3) is 0.636. The number of hydrogen-bond acceptors (Lipinski definition) is 4. The first-order valence-electron chi connectivity index (χ1n) is 10.4. The van der Waals surface area contributed by atoms with E-state index in [0.29, 0.717) is 11.8 Å². The second-order valence-corrected chi connectivity index (χ2v) is 9.21. The molecule has 1 aliphatic carbocycles. The van der Waals surface area contributed by atoms with Crippen LogP contribution in [0.5, 0.6) is 0 Å². The summed E-state index contributed by atoms with van der Waals surface area (Å²) in [7, 11) is 0. The molecule has 0 aliphatic heterocycles. The predicted molar refractivity (Wildman–Crippen MR) is 115 cm³/mol. The van der Waals surface area contributed by atoms with Crippen molar-refractivity contribution in [1.82, 2.24) is 9.97 Å². The molecule has 0 spiro atoms. The minimum absolute atomic E-state index is 0.553. The second kappa shape index (κ2) is 10.4. The Labute approximate surface area is 166 Å². The average molecular weight is 389 g/mol. The van der Waals surface area contributed by atoms with Gasteiger partial charge in [-0.3, -0.25) is 0 Å². The largest absolute Gasteiger partial charge is 0.249 e. The molecular formula is C22H32N2S2. The van der Waals surface area contributed by atoms with Gasteiger partial charge in [-0.15, -0.1) is 22.7 Å². The zero-order chi connectivity index (χ0) is 18.2. The number of nitrogens with zero attached hydrogens (tertiary/aromatic N) is 2. The summed E-state index contributed by atoms with van der Waals surface area (Å²) in [6.07, 6.45) is 17.1. The molecule has 2 heterocycles. The molecule has 4 heteroatoms. The number of thiazole rings is 2. The first-order chi connectivity index (χ1) is 12.9. The zero-order valence-electron chi connectivity index (χ0n) is 16.2. The van der Waals surface area contributed by atoms with E-state index in [2.05, 4.69) is 29.6 Å². The fourth-order valence-corrected chi connectivity index (χ4v) is 5.83. The van der Waals surface area contributed by atoms with Crippen LogP contribution < -0.4 is 0 Å². The van der Waals surface area contributed by atoms with Gasteiger partial charge >= 0.3 is 0 Å². The second-order valence-electron chi connectivity index (χ2n) is 7.39. The lowest BCUT2D eigenvalue weighted by Gasteiger charge is -2.41. The predicted octanol–water partition coefficient (Wildman–Crippen LogP) is 7.71. The molecule has 0 N–H and O–H groups in total. The molecule has 0 bridgehead atoms. The summed E-state index contributed by atoms with van der Waals surface area (Å²) in [6.45, 7) is 4.57. The Morgan fingerprint density at radius 1 is 0.846 bits per heavy atom. The molecule has 0 radical (unpaired) electrons. The highest BCUT2D eigenvalue weighted by atomic mass is 32.1. The summed E-state index contributed by atoms with van der Waals surface area (Å²) in [5.74, 6) is 1.18. The van der Waals surface area contributed by atoms with Crippen molar-refractivity contribution in [2.24, 2.45) is 5.92 Å².